The number of hydrogen-bond donors (Lipinski definition) is 0. The van der Waals surface area contributed by atoms with Gasteiger partial charge in [0, 0.05) is 4.83 Å². The summed E-state index contributed by atoms with van der Waals surface area (Å²) in [4.78, 5) is 0.638. The van der Waals surface area contributed by atoms with E-state index in [4.69, 9.17) is 22.2 Å². The van der Waals surface area contributed by atoms with Crippen molar-refractivity contribution in [3.05, 3.63) is 30.3 Å². The van der Waals surface area contributed by atoms with Crippen molar-refractivity contribution in [3.63, 3.8) is 0 Å². The molecular formula is C13H15BrCl2Si. The molecular weight excluding hydrogens is 335 g/mol. The largest absolute Gasteiger partial charge is 0.284 e. The second kappa shape index (κ2) is 4.55. The van der Waals surface area contributed by atoms with Crippen molar-refractivity contribution in [2.75, 3.05) is 0 Å². The Hall–Kier alpha value is 0.497. The van der Waals surface area contributed by atoms with Gasteiger partial charge in [0.05, 0.1) is 0 Å². The third-order valence-electron chi connectivity index (χ3n) is 4.36. The van der Waals surface area contributed by atoms with Crippen LogP contribution >= 0.6 is 38.1 Å². The van der Waals surface area contributed by atoms with E-state index in [0.29, 0.717) is 16.3 Å². The Morgan fingerprint density at radius 2 is 1.76 bits per heavy atom. The Morgan fingerprint density at radius 1 is 1.06 bits per heavy atom. The lowest BCUT2D eigenvalue weighted by atomic mass is 10.00. The van der Waals surface area contributed by atoms with E-state index in [2.05, 4.69) is 28.1 Å². The molecule has 92 valence electrons. The summed E-state index contributed by atoms with van der Waals surface area (Å²) in [5.74, 6) is 1.55. The zero-order chi connectivity index (χ0) is 12.0. The van der Waals surface area contributed by atoms with Crippen molar-refractivity contribution in [1.82, 2.24) is 0 Å². The third kappa shape index (κ3) is 2.11. The Balaban J connectivity index is 1.89. The zero-order valence-corrected chi connectivity index (χ0v) is 13.5. The molecule has 0 aliphatic heterocycles. The van der Waals surface area contributed by atoms with Gasteiger partial charge in [0.15, 0.2) is 0 Å². The first-order valence-corrected chi connectivity index (χ1v) is 11.2. The molecule has 0 N–H and O–H groups in total. The molecule has 2 saturated carbocycles. The molecule has 2 aliphatic rings. The number of halogens is 3. The number of benzene rings is 1. The van der Waals surface area contributed by atoms with Gasteiger partial charge in [0.25, 0.3) is 6.69 Å². The van der Waals surface area contributed by atoms with Gasteiger partial charge in [-0.1, -0.05) is 46.3 Å². The van der Waals surface area contributed by atoms with Crippen molar-refractivity contribution >= 4 is 50.0 Å². The monoisotopic (exact) mass is 348 g/mol. The molecule has 0 heterocycles. The standard InChI is InChI=1S/C13H15BrCl2Si/c14-12-7-9-6-11(12)13(8-9)17(15,16)10-4-2-1-3-5-10/h1-5,9,11-13H,6-8H2/t9-,11+,12+,13+/m1/s1. The van der Waals surface area contributed by atoms with Gasteiger partial charge in [-0.05, 0) is 41.8 Å². The summed E-state index contributed by atoms with van der Waals surface area (Å²) in [6, 6.07) is 10.3. The molecule has 0 amide bonds. The first-order valence-electron chi connectivity index (χ1n) is 6.16. The van der Waals surface area contributed by atoms with Crippen LogP contribution in [0.15, 0.2) is 30.3 Å². The molecule has 2 fully saturated rings. The van der Waals surface area contributed by atoms with Gasteiger partial charge in [-0.25, -0.2) is 0 Å². The molecule has 3 rings (SSSR count). The van der Waals surface area contributed by atoms with Crippen molar-refractivity contribution in [1.29, 1.82) is 0 Å². The molecule has 17 heavy (non-hydrogen) atoms. The fraction of sp³-hybridized carbons (Fsp3) is 0.538. The van der Waals surface area contributed by atoms with Crippen LogP contribution in [-0.4, -0.2) is 11.5 Å². The second-order valence-electron chi connectivity index (χ2n) is 5.35. The fourth-order valence-electron chi connectivity index (χ4n) is 3.56. The lowest BCUT2D eigenvalue weighted by Crippen LogP contribution is -2.44. The fourth-order valence-corrected chi connectivity index (χ4v) is 9.81. The molecule has 0 aromatic heterocycles. The summed E-state index contributed by atoms with van der Waals surface area (Å²) < 4.78 is 0. The Morgan fingerprint density at radius 3 is 2.35 bits per heavy atom. The molecule has 0 radical (unpaired) electrons. The van der Waals surface area contributed by atoms with Gasteiger partial charge < -0.3 is 0 Å². The topological polar surface area (TPSA) is 0 Å². The molecule has 0 unspecified atom stereocenters. The lowest BCUT2D eigenvalue weighted by molar-refractivity contribution is 0.492. The van der Waals surface area contributed by atoms with Crippen molar-refractivity contribution in [2.45, 2.75) is 29.6 Å². The maximum Gasteiger partial charge on any atom is 0.284 e. The van der Waals surface area contributed by atoms with E-state index < -0.39 is 6.69 Å². The van der Waals surface area contributed by atoms with Crippen LogP contribution in [0.25, 0.3) is 0 Å². The Bertz CT molecular complexity index is 409. The first kappa shape index (κ1) is 12.5. The van der Waals surface area contributed by atoms with E-state index in [1.54, 1.807) is 0 Å². The summed E-state index contributed by atoms with van der Waals surface area (Å²) in [6.07, 6.45) is 3.87. The lowest BCUT2D eigenvalue weighted by Gasteiger charge is -2.33. The zero-order valence-electron chi connectivity index (χ0n) is 9.45. The number of fused-ring (bicyclic) bond motifs is 2. The van der Waals surface area contributed by atoms with Crippen LogP contribution in [-0.2, 0) is 0 Å². The number of alkyl halides is 1. The van der Waals surface area contributed by atoms with Gasteiger partial charge in [0.1, 0.15) is 0 Å². The predicted octanol–water partition coefficient (Wildman–Crippen LogP) is 4.38. The predicted molar refractivity (Wildman–Crippen MR) is 80.8 cm³/mol. The van der Waals surface area contributed by atoms with Crippen molar-refractivity contribution < 1.29 is 0 Å². The molecule has 4 heteroatoms. The van der Waals surface area contributed by atoms with E-state index in [-0.39, 0.29) is 0 Å². The molecule has 4 atom stereocenters. The molecule has 0 nitrogen and oxygen atoms in total. The maximum absolute atomic E-state index is 6.81. The quantitative estimate of drug-likeness (QED) is 0.422. The first-order chi connectivity index (χ1) is 8.09. The number of hydrogen-bond acceptors (Lipinski definition) is 0. The van der Waals surface area contributed by atoms with Crippen LogP contribution in [0.1, 0.15) is 19.3 Å². The van der Waals surface area contributed by atoms with Gasteiger partial charge >= 0.3 is 0 Å². The van der Waals surface area contributed by atoms with E-state index in [0.717, 1.165) is 5.92 Å². The summed E-state index contributed by atoms with van der Waals surface area (Å²) in [5.41, 5.74) is 0.524. The third-order valence-corrected chi connectivity index (χ3v) is 11.1. The minimum Gasteiger partial charge on any atom is -0.139 e. The molecule has 2 bridgehead atoms. The molecule has 2 aliphatic carbocycles. The van der Waals surface area contributed by atoms with Gasteiger partial charge in [0.2, 0.25) is 0 Å². The van der Waals surface area contributed by atoms with E-state index in [9.17, 15) is 0 Å². The Labute approximate surface area is 121 Å². The molecule has 0 spiro atoms. The second-order valence-corrected chi connectivity index (χ2v) is 13.2. The average molecular weight is 350 g/mol. The van der Waals surface area contributed by atoms with E-state index >= 15 is 0 Å². The summed E-state index contributed by atoms with van der Waals surface area (Å²) in [5, 5.41) is 1.18. The van der Waals surface area contributed by atoms with Crippen molar-refractivity contribution in [3.8, 4) is 0 Å². The Kier molecular flexibility index (Phi) is 3.36. The average Bonchev–Trinajstić information content (AvgIpc) is 2.89. The highest BCUT2D eigenvalue weighted by Crippen LogP contribution is 2.58. The summed E-state index contributed by atoms with van der Waals surface area (Å²) in [6.45, 7) is -2.33. The maximum atomic E-state index is 6.81. The SMILES string of the molecule is Cl[Si](Cl)(c1ccccc1)[C@H]1C[C@@H]2C[C@H]1[C@@H](Br)C2. The highest BCUT2D eigenvalue weighted by atomic mass is 79.9. The minimum absolute atomic E-state index is 0.524. The minimum atomic E-state index is -2.33. The van der Waals surface area contributed by atoms with Crippen LogP contribution in [0.5, 0.6) is 0 Å². The summed E-state index contributed by atoms with van der Waals surface area (Å²) in [7, 11) is 0. The van der Waals surface area contributed by atoms with Crippen LogP contribution < -0.4 is 5.19 Å². The van der Waals surface area contributed by atoms with Gasteiger partial charge in [-0.15, -0.1) is 22.2 Å². The smallest absolute Gasteiger partial charge is 0.139 e. The van der Waals surface area contributed by atoms with Crippen molar-refractivity contribution in [2.24, 2.45) is 11.8 Å². The van der Waals surface area contributed by atoms with Gasteiger partial charge in [-0.2, -0.15) is 0 Å². The summed E-state index contributed by atoms with van der Waals surface area (Å²) >= 11 is 17.4. The van der Waals surface area contributed by atoms with Crippen LogP contribution in [0.4, 0.5) is 0 Å². The number of rotatable bonds is 2. The van der Waals surface area contributed by atoms with Crippen LogP contribution in [0, 0.1) is 11.8 Å². The normalized spacial score (nSPS) is 36.4. The van der Waals surface area contributed by atoms with E-state index in [1.807, 2.05) is 18.2 Å². The molecule has 1 aromatic rings. The van der Waals surface area contributed by atoms with Gasteiger partial charge in [-0.3, -0.25) is 0 Å². The molecule has 1 aromatic carbocycles. The van der Waals surface area contributed by atoms with E-state index in [1.165, 1.54) is 24.4 Å². The highest BCUT2D eigenvalue weighted by Gasteiger charge is 2.55. The van der Waals surface area contributed by atoms with Crippen LogP contribution in [0.3, 0.4) is 0 Å². The van der Waals surface area contributed by atoms with Crippen LogP contribution in [0.2, 0.25) is 5.54 Å². The molecule has 0 saturated heterocycles. The highest BCUT2D eigenvalue weighted by molar-refractivity contribution is 9.09.